The highest BCUT2D eigenvalue weighted by molar-refractivity contribution is 5.25. The quantitative estimate of drug-likeness (QED) is 0.903. The lowest BCUT2D eigenvalue weighted by atomic mass is 9.77. The van der Waals surface area contributed by atoms with Gasteiger partial charge >= 0.3 is 0 Å². The van der Waals surface area contributed by atoms with Gasteiger partial charge in [-0.05, 0) is 49.8 Å². The first-order valence-corrected chi connectivity index (χ1v) is 7.42. The van der Waals surface area contributed by atoms with Crippen LogP contribution in [0, 0.1) is 18.8 Å². The van der Waals surface area contributed by atoms with Crippen molar-refractivity contribution >= 4 is 0 Å². The number of hydrogen-bond acceptors (Lipinski definition) is 2. The van der Waals surface area contributed by atoms with E-state index in [-0.39, 0.29) is 12.1 Å². The largest absolute Gasteiger partial charge is 0.391 e. The first kappa shape index (κ1) is 14.5. The smallest absolute Gasteiger partial charge is 0.0700 e. The molecular formula is C17H27NO. The van der Waals surface area contributed by atoms with Gasteiger partial charge in [0.1, 0.15) is 0 Å². The predicted molar refractivity (Wildman–Crippen MR) is 80.0 cm³/mol. The maximum Gasteiger partial charge on any atom is 0.0700 e. The Morgan fingerprint density at radius 2 is 1.89 bits per heavy atom. The van der Waals surface area contributed by atoms with Gasteiger partial charge in [0.25, 0.3) is 0 Å². The van der Waals surface area contributed by atoms with Crippen molar-refractivity contribution in [2.24, 2.45) is 11.8 Å². The fourth-order valence-electron chi connectivity index (χ4n) is 3.69. The van der Waals surface area contributed by atoms with E-state index in [1.54, 1.807) is 0 Å². The topological polar surface area (TPSA) is 23.5 Å². The highest BCUT2D eigenvalue weighted by atomic mass is 16.3. The average Bonchev–Trinajstić information content (AvgIpc) is 2.30. The van der Waals surface area contributed by atoms with Gasteiger partial charge in [0.15, 0.2) is 0 Å². The van der Waals surface area contributed by atoms with Crippen molar-refractivity contribution in [1.82, 2.24) is 4.90 Å². The second-order valence-electron chi connectivity index (χ2n) is 6.45. The van der Waals surface area contributed by atoms with E-state index < -0.39 is 0 Å². The lowest BCUT2D eigenvalue weighted by Gasteiger charge is -2.42. The average molecular weight is 261 g/mol. The predicted octanol–water partition coefficient (Wildman–Crippen LogP) is 3.22. The first-order valence-electron chi connectivity index (χ1n) is 7.42. The van der Waals surface area contributed by atoms with Gasteiger partial charge in [0, 0.05) is 12.6 Å². The third-order valence-electron chi connectivity index (χ3n) is 4.59. The van der Waals surface area contributed by atoms with Crippen LogP contribution in [-0.4, -0.2) is 29.2 Å². The molecule has 2 heteroatoms. The number of hydrogen-bond donors (Lipinski definition) is 1. The zero-order valence-electron chi connectivity index (χ0n) is 12.6. The molecule has 1 aliphatic carbocycles. The molecule has 0 aromatic heterocycles. The van der Waals surface area contributed by atoms with Crippen molar-refractivity contribution in [2.75, 3.05) is 7.05 Å². The van der Waals surface area contributed by atoms with Crippen molar-refractivity contribution in [2.45, 2.75) is 52.3 Å². The summed E-state index contributed by atoms with van der Waals surface area (Å²) in [5, 5.41) is 10.4. The molecule has 0 bridgehead atoms. The monoisotopic (exact) mass is 261 g/mol. The van der Waals surface area contributed by atoms with Crippen LogP contribution < -0.4 is 0 Å². The summed E-state index contributed by atoms with van der Waals surface area (Å²) < 4.78 is 0. The van der Waals surface area contributed by atoms with Crippen molar-refractivity contribution in [3.8, 4) is 0 Å². The van der Waals surface area contributed by atoms with E-state index in [9.17, 15) is 5.11 Å². The van der Waals surface area contributed by atoms with Crippen molar-refractivity contribution < 1.29 is 5.11 Å². The minimum absolute atomic E-state index is 0.187. The second kappa shape index (κ2) is 6.06. The number of likely N-dealkylation sites (N-methyl/N-ethyl adjacent to an activating group) is 1. The summed E-state index contributed by atoms with van der Waals surface area (Å²) in [5.74, 6) is 1.21. The SMILES string of the molecule is Cc1ccccc1CN(C)C1C(C)CC(C)CC1O. The zero-order valence-corrected chi connectivity index (χ0v) is 12.6. The minimum Gasteiger partial charge on any atom is -0.391 e. The summed E-state index contributed by atoms with van der Waals surface area (Å²) in [6, 6.07) is 8.81. The maximum atomic E-state index is 10.4. The molecule has 2 rings (SSSR count). The third-order valence-corrected chi connectivity index (χ3v) is 4.59. The van der Waals surface area contributed by atoms with Crippen molar-refractivity contribution in [3.05, 3.63) is 35.4 Å². The van der Waals surface area contributed by atoms with Crippen molar-refractivity contribution in [1.29, 1.82) is 0 Å². The Balaban J connectivity index is 2.07. The molecule has 1 N–H and O–H groups in total. The molecule has 0 amide bonds. The Morgan fingerprint density at radius 3 is 2.53 bits per heavy atom. The summed E-state index contributed by atoms with van der Waals surface area (Å²) in [5.41, 5.74) is 2.70. The Morgan fingerprint density at radius 1 is 1.21 bits per heavy atom. The van der Waals surface area contributed by atoms with E-state index >= 15 is 0 Å². The van der Waals surface area contributed by atoms with Crippen LogP contribution in [0.5, 0.6) is 0 Å². The van der Waals surface area contributed by atoms with E-state index in [2.05, 4.69) is 57.0 Å². The Kier molecular flexibility index (Phi) is 4.64. The second-order valence-corrected chi connectivity index (χ2v) is 6.45. The van der Waals surface area contributed by atoms with Gasteiger partial charge in [-0.25, -0.2) is 0 Å². The van der Waals surface area contributed by atoms with Crippen LogP contribution in [0.1, 0.15) is 37.8 Å². The highest BCUT2D eigenvalue weighted by Crippen LogP contribution is 2.32. The van der Waals surface area contributed by atoms with E-state index in [0.29, 0.717) is 11.8 Å². The van der Waals surface area contributed by atoms with Gasteiger partial charge in [-0.15, -0.1) is 0 Å². The summed E-state index contributed by atoms with van der Waals surface area (Å²) >= 11 is 0. The van der Waals surface area contributed by atoms with Crippen LogP contribution in [0.4, 0.5) is 0 Å². The fraction of sp³-hybridized carbons (Fsp3) is 0.647. The summed E-state index contributed by atoms with van der Waals surface area (Å²) in [7, 11) is 2.15. The number of aryl methyl sites for hydroxylation is 1. The number of nitrogens with zero attached hydrogens (tertiary/aromatic N) is 1. The molecular weight excluding hydrogens is 234 g/mol. The van der Waals surface area contributed by atoms with Gasteiger partial charge in [0.2, 0.25) is 0 Å². The van der Waals surface area contributed by atoms with Crippen LogP contribution in [0.25, 0.3) is 0 Å². The molecule has 1 saturated carbocycles. The molecule has 2 nitrogen and oxygen atoms in total. The minimum atomic E-state index is -0.187. The van der Waals surface area contributed by atoms with Crippen molar-refractivity contribution in [3.63, 3.8) is 0 Å². The molecule has 0 spiro atoms. The standard InChI is InChI=1S/C17H27NO/c1-12-9-14(3)17(16(19)10-12)18(4)11-15-8-6-5-7-13(15)2/h5-8,12,14,16-17,19H,9-11H2,1-4H3. The lowest BCUT2D eigenvalue weighted by Crippen LogP contribution is -2.49. The lowest BCUT2D eigenvalue weighted by molar-refractivity contribution is -0.0171. The Hall–Kier alpha value is -0.860. The van der Waals surface area contributed by atoms with Crippen LogP contribution in [0.2, 0.25) is 0 Å². The Labute approximate surface area is 117 Å². The summed E-state index contributed by atoms with van der Waals surface area (Å²) in [6.07, 6.45) is 1.97. The Bertz CT molecular complexity index is 405. The molecule has 4 unspecified atom stereocenters. The zero-order chi connectivity index (χ0) is 14.0. The molecule has 19 heavy (non-hydrogen) atoms. The highest BCUT2D eigenvalue weighted by Gasteiger charge is 2.35. The van der Waals surface area contributed by atoms with Gasteiger partial charge < -0.3 is 5.11 Å². The molecule has 4 atom stereocenters. The number of aliphatic hydroxyl groups is 1. The van der Waals surface area contributed by atoms with E-state index in [1.807, 2.05) is 0 Å². The molecule has 1 fully saturated rings. The van der Waals surface area contributed by atoms with Gasteiger partial charge in [-0.2, -0.15) is 0 Å². The molecule has 0 saturated heterocycles. The molecule has 1 aromatic rings. The van der Waals surface area contributed by atoms with Crippen LogP contribution >= 0.6 is 0 Å². The van der Waals surface area contributed by atoms with E-state index in [0.717, 1.165) is 13.0 Å². The van der Waals surface area contributed by atoms with Crippen LogP contribution in [-0.2, 0) is 6.54 Å². The molecule has 0 radical (unpaired) electrons. The normalized spacial score (nSPS) is 31.7. The molecule has 1 aromatic carbocycles. The van der Waals surface area contributed by atoms with E-state index in [1.165, 1.54) is 17.5 Å². The van der Waals surface area contributed by atoms with Gasteiger partial charge in [0.05, 0.1) is 6.10 Å². The number of rotatable bonds is 3. The number of aliphatic hydroxyl groups excluding tert-OH is 1. The summed E-state index contributed by atoms with van der Waals surface area (Å²) in [4.78, 5) is 2.34. The molecule has 0 aliphatic heterocycles. The summed E-state index contributed by atoms with van der Waals surface area (Å²) in [6.45, 7) is 7.61. The van der Waals surface area contributed by atoms with Gasteiger partial charge in [-0.3, -0.25) is 4.90 Å². The third kappa shape index (κ3) is 3.37. The molecule has 1 aliphatic rings. The number of benzene rings is 1. The fourth-order valence-corrected chi connectivity index (χ4v) is 3.69. The first-order chi connectivity index (χ1) is 8.99. The molecule has 0 heterocycles. The molecule has 106 valence electrons. The van der Waals surface area contributed by atoms with Gasteiger partial charge in [-0.1, -0.05) is 38.1 Å². The van der Waals surface area contributed by atoms with Crippen LogP contribution in [0.15, 0.2) is 24.3 Å². The maximum absolute atomic E-state index is 10.4. The van der Waals surface area contributed by atoms with Crippen LogP contribution in [0.3, 0.4) is 0 Å². The van der Waals surface area contributed by atoms with E-state index in [4.69, 9.17) is 0 Å².